The molecule has 3 atom stereocenters. The molecule has 0 aromatic heterocycles. The molecule has 0 aliphatic carbocycles. The van der Waals surface area contributed by atoms with E-state index in [9.17, 15) is 64.4 Å². The summed E-state index contributed by atoms with van der Waals surface area (Å²) in [4.78, 5) is 0. The van der Waals surface area contributed by atoms with Crippen LogP contribution in [-0.2, 0) is 67.4 Å². The molecule has 0 rings (SSSR count). The summed E-state index contributed by atoms with van der Waals surface area (Å²) in [7, 11) is -4.20. The van der Waals surface area contributed by atoms with Crippen molar-refractivity contribution in [3.05, 3.63) is 12.2 Å². The maximum atomic E-state index is 11.2. The van der Waals surface area contributed by atoms with Crippen molar-refractivity contribution in [1.29, 1.82) is 0 Å². The molecule has 0 bridgehead atoms. The first-order valence-electron chi connectivity index (χ1n) is 26.0. The van der Waals surface area contributed by atoms with Gasteiger partial charge < -0.3 is 76.3 Å². The van der Waals surface area contributed by atoms with Crippen molar-refractivity contribution in [2.24, 2.45) is 0 Å². The first-order valence-corrected chi connectivity index (χ1v) is 30.0. The molecular weight excluding hydrogens is 1050 g/mol. The van der Waals surface area contributed by atoms with Crippen molar-refractivity contribution >= 4 is 31.2 Å². The lowest BCUT2D eigenvalue weighted by molar-refractivity contribution is -0.986. The molecular formula is C47H103N3O22S3. The van der Waals surface area contributed by atoms with Crippen molar-refractivity contribution in [2.45, 2.75) is 103 Å². The molecule has 5 N–H and O–H groups in total. The van der Waals surface area contributed by atoms with Gasteiger partial charge in [0.05, 0.1) is 128 Å². The molecule has 75 heavy (non-hydrogen) atoms. The number of unbranched alkanes of at least 4 members (excludes halogenated alkanes) is 12. The molecule has 0 radical (unpaired) electrons. The Morgan fingerprint density at radius 1 is 0.413 bits per heavy atom. The van der Waals surface area contributed by atoms with Crippen molar-refractivity contribution in [2.75, 3.05) is 194 Å². The predicted octanol–water partition coefficient (Wildman–Crippen LogP) is 1.06. The van der Waals surface area contributed by atoms with Crippen LogP contribution in [0.3, 0.4) is 0 Å². The van der Waals surface area contributed by atoms with Crippen LogP contribution in [0, 0.1) is 0 Å². The van der Waals surface area contributed by atoms with E-state index in [4.69, 9.17) is 23.7 Å². The Balaban J connectivity index is -0.00000118. The topological polar surface area (TPSA) is 347 Å². The number of likely N-dealkylation sites (N-methyl/N-ethyl adjacent to an activating group) is 3. The number of rotatable bonds is 49. The summed E-state index contributed by atoms with van der Waals surface area (Å²) in [5, 5.41) is 48.1. The van der Waals surface area contributed by atoms with Gasteiger partial charge in [-0.1, -0.05) is 76.9 Å². The minimum absolute atomic E-state index is 0.00693. The van der Waals surface area contributed by atoms with Crippen molar-refractivity contribution < 1.29 is 114 Å². The fourth-order valence-electron chi connectivity index (χ4n) is 6.97. The minimum atomic E-state index is -4.41. The molecule has 0 spiro atoms. The number of hydrogen-bond donors (Lipinski definition) is 5. The summed E-state index contributed by atoms with van der Waals surface area (Å²) in [6, 6.07) is 0. The number of hydrogen-bond acceptors (Lipinski definition) is 22. The molecule has 28 heteroatoms. The number of allylic oxidation sites excluding steroid dienone is 2. The Kier molecular flexibility index (Phi) is 55.9. The van der Waals surface area contributed by atoms with Crippen LogP contribution >= 0.6 is 0 Å². The maximum absolute atomic E-state index is 11.2. The molecule has 0 aromatic rings. The molecule has 0 aromatic carbocycles. The highest BCUT2D eigenvalue weighted by atomic mass is 32.3. The molecule has 0 aliphatic rings. The Morgan fingerprint density at radius 2 is 0.693 bits per heavy atom. The predicted molar refractivity (Wildman–Crippen MR) is 280 cm³/mol. The zero-order valence-corrected chi connectivity index (χ0v) is 49.1. The number of nitrogens with zero attached hydrogens (tertiary/aromatic N) is 3. The average molecular weight is 1160 g/mol. The molecule has 0 heterocycles. The summed E-state index contributed by atoms with van der Waals surface area (Å²) < 4.78 is 124. The largest absolute Gasteiger partial charge is 0.726 e. The first kappa shape index (κ1) is 80.3. The standard InChI is InChI=1S/C44H94N3O10.3CH4O4S/c1-5-6-7-8-9-10-11-12-13-14-15-16-17-18-19-20-33-57-43-44(52)42-47(4,28-37-56-41-32-51)24-23-45(2,25-34-53-38-29-48)21-22-46(3,26-35-54-39-30-49)27-36-55-40-31-50;3*1-5-6(2,3)4/h12-13,44,48-52H,5-11,14-43H2,1-4H3;3*1H3,(H,2,3,4)/q+3;;;/p-3. The van der Waals surface area contributed by atoms with E-state index in [1.807, 2.05) is 0 Å². The normalized spacial score (nSPS) is 14.2. The van der Waals surface area contributed by atoms with Crippen LogP contribution in [0.1, 0.15) is 96.8 Å². The number of aliphatic hydroxyl groups is 5. The second-order valence-electron chi connectivity index (χ2n) is 18.6. The van der Waals surface area contributed by atoms with Crippen molar-refractivity contribution in [3.63, 3.8) is 0 Å². The number of ether oxygens (including phenoxy) is 5. The number of quaternary nitrogens is 3. The van der Waals surface area contributed by atoms with Crippen molar-refractivity contribution in [1.82, 2.24) is 0 Å². The highest BCUT2D eigenvalue weighted by Crippen LogP contribution is 2.14. The van der Waals surface area contributed by atoms with E-state index >= 15 is 0 Å². The lowest BCUT2D eigenvalue weighted by Crippen LogP contribution is -2.61. The Morgan fingerprint density at radius 3 is 1.01 bits per heavy atom. The minimum Gasteiger partial charge on any atom is -0.726 e. The highest BCUT2D eigenvalue weighted by molar-refractivity contribution is 7.81. The molecule has 0 amide bonds. The fourth-order valence-corrected chi connectivity index (χ4v) is 6.97. The quantitative estimate of drug-likeness (QED) is 0.0187. The number of aliphatic hydroxyl groups excluding tert-OH is 5. The highest BCUT2D eigenvalue weighted by Gasteiger charge is 2.34. The van der Waals surface area contributed by atoms with Gasteiger partial charge in [-0.2, -0.15) is 0 Å². The van der Waals surface area contributed by atoms with Gasteiger partial charge in [-0.05, 0) is 32.1 Å². The van der Waals surface area contributed by atoms with E-state index in [1.165, 1.54) is 77.0 Å². The summed E-state index contributed by atoms with van der Waals surface area (Å²) in [5.41, 5.74) is 0. The van der Waals surface area contributed by atoms with Crippen LogP contribution in [0.4, 0.5) is 0 Å². The zero-order chi connectivity index (χ0) is 57.8. The molecule has 0 saturated heterocycles. The van der Waals surface area contributed by atoms with Gasteiger partial charge in [0.2, 0.25) is 31.2 Å². The van der Waals surface area contributed by atoms with Gasteiger partial charge in [-0.3, -0.25) is 12.5 Å². The molecule has 0 saturated carbocycles. The van der Waals surface area contributed by atoms with Crippen LogP contribution < -0.4 is 0 Å². The Labute approximate surface area is 452 Å². The van der Waals surface area contributed by atoms with E-state index < -0.39 is 37.3 Å². The van der Waals surface area contributed by atoms with Gasteiger partial charge in [0.25, 0.3) is 0 Å². The van der Waals surface area contributed by atoms with E-state index in [0.29, 0.717) is 83.6 Å². The summed E-state index contributed by atoms with van der Waals surface area (Å²) >= 11 is 0. The van der Waals surface area contributed by atoms with Crippen LogP contribution in [0.15, 0.2) is 12.2 Å². The van der Waals surface area contributed by atoms with Crippen LogP contribution in [0.5, 0.6) is 0 Å². The van der Waals surface area contributed by atoms with Crippen LogP contribution in [-0.4, -0.2) is 278 Å². The molecule has 3 unspecified atom stereocenters. The van der Waals surface area contributed by atoms with E-state index in [2.05, 4.69) is 52.8 Å². The van der Waals surface area contributed by atoms with E-state index in [0.717, 1.165) is 89.0 Å². The van der Waals surface area contributed by atoms with Gasteiger partial charge in [0.1, 0.15) is 65.0 Å². The van der Waals surface area contributed by atoms with Crippen LogP contribution in [0.2, 0.25) is 0 Å². The lowest BCUT2D eigenvalue weighted by Gasteiger charge is -2.43. The third-order valence-corrected chi connectivity index (χ3v) is 13.0. The van der Waals surface area contributed by atoms with Gasteiger partial charge in [0, 0.05) is 6.61 Å². The van der Waals surface area contributed by atoms with Crippen LogP contribution in [0.25, 0.3) is 0 Å². The molecule has 25 nitrogen and oxygen atoms in total. The second kappa shape index (κ2) is 52.2. The molecule has 456 valence electrons. The Hall–Kier alpha value is -1.17. The third-order valence-electron chi connectivity index (χ3n) is 11.8. The zero-order valence-electron chi connectivity index (χ0n) is 46.6. The molecule has 0 fully saturated rings. The van der Waals surface area contributed by atoms with E-state index in [-0.39, 0.29) is 26.4 Å². The lowest BCUT2D eigenvalue weighted by atomic mass is 10.1. The van der Waals surface area contributed by atoms with Gasteiger partial charge in [-0.25, -0.2) is 25.3 Å². The van der Waals surface area contributed by atoms with Crippen molar-refractivity contribution in [3.8, 4) is 0 Å². The van der Waals surface area contributed by atoms with Gasteiger partial charge in [-0.15, -0.1) is 0 Å². The maximum Gasteiger partial charge on any atom is 0.217 e. The fraction of sp³-hybridized carbons (Fsp3) is 0.957. The van der Waals surface area contributed by atoms with Gasteiger partial charge >= 0.3 is 0 Å². The van der Waals surface area contributed by atoms with Gasteiger partial charge in [0.15, 0.2) is 0 Å². The molecule has 0 aliphatic heterocycles. The summed E-state index contributed by atoms with van der Waals surface area (Å²) in [6.07, 6.45) is 22.0. The first-order chi connectivity index (χ1) is 35.3. The van der Waals surface area contributed by atoms with E-state index in [1.54, 1.807) is 0 Å². The monoisotopic (exact) mass is 1160 g/mol. The average Bonchev–Trinajstić information content (AvgIpc) is 3.35. The second-order valence-corrected chi connectivity index (χ2v) is 22.0. The third kappa shape index (κ3) is 65.3. The smallest absolute Gasteiger partial charge is 0.217 e. The SMILES string of the molecule is CCCCCCCCC=CCCCCCCCCOCC(O)C[N+](C)(CCOCCO)CC[N+](C)(CCOCCO)CC[N+](C)(CCOCCO)CCOCCO.COS(=O)(=O)[O-].COS(=O)(=O)[O-].COS(=O)(=O)[O-]. The summed E-state index contributed by atoms with van der Waals surface area (Å²) in [6.45, 7) is 13.4. The Bertz CT molecular complexity index is 1520. The summed E-state index contributed by atoms with van der Waals surface area (Å²) in [5.74, 6) is 0.